The van der Waals surface area contributed by atoms with E-state index >= 15 is 0 Å². The third kappa shape index (κ3) is 6.35. The van der Waals surface area contributed by atoms with E-state index in [1.165, 1.54) is 12.1 Å². The Hall–Kier alpha value is -3.45. The van der Waals surface area contributed by atoms with Gasteiger partial charge in [0.15, 0.2) is 27.3 Å². The molecule has 8 nitrogen and oxygen atoms in total. The van der Waals surface area contributed by atoms with Crippen molar-refractivity contribution in [3.05, 3.63) is 94.3 Å². The maximum Gasteiger partial charge on any atom is 0.255 e. The molecule has 2 bridgehead atoms. The second kappa shape index (κ2) is 12.5. The molecule has 3 unspecified atom stereocenters. The van der Waals surface area contributed by atoms with Crippen molar-refractivity contribution in [1.29, 1.82) is 0 Å². The van der Waals surface area contributed by atoms with E-state index < -0.39 is 67.8 Å². The maximum atomic E-state index is 13.8. The molecule has 2 amide bonds. The molecule has 2 fully saturated rings. The molecular formula is C31H31ClF3N3O5S. The fraction of sp³-hybridized carbons (Fsp3) is 0.355. The van der Waals surface area contributed by atoms with Gasteiger partial charge in [-0.15, -0.1) is 0 Å². The minimum Gasteiger partial charge on any atom is -0.387 e. The average molecular weight is 650 g/mol. The van der Waals surface area contributed by atoms with Crippen molar-refractivity contribution in [3.8, 4) is 0 Å². The lowest BCUT2D eigenvalue weighted by molar-refractivity contribution is -0.125. The number of halogens is 4. The molecule has 5 rings (SSSR count). The van der Waals surface area contributed by atoms with E-state index in [-0.39, 0.29) is 40.6 Å². The number of sulfone groups is 1. The Balaban J connectivity index is 1.27. The van der Waals surface area contributed by atoms with E-state index in [2.05, 4.69) is 10.6 Å². The molecule has 0 aromatic heterocycles. The van der Waals surface area contributed by atoms with E-state index in [4.69, 9.17) is 17.3 Å². The number of anilines is 1. The zero-order valence-electron chi connectivity index (χ0n) is 23.4. The molecule has 0 radical (unpaired) electrons. The highest BCUT2D eigenvalue weighted by Crippen LogP contribution is 2.52. The molecule has 5 atom stereocenters. The summed E-state index contributed by atoms with van der Waals surface area (Å²) in [4.78, 5) is 25.2. The Kier molecular flexibility index (Phi) is 9.08. The topological polar surface area (TPSA) is 139 Å². The molecule has 13 heteroatoms. The van der Waals surface area contributed by atoms with E-state index in [9.17, 15) is 36.3 Å². The molecular weight excluding hydrogens is 619 g/mol. The largest absolute Gasteiger partial charge is 0.387 e. The predicted molar refractivity (Wildman–Crippen MR) is 158 cm³/mol. The fourth-order valence-corrected chi connectivity index (χ4v) is 8.75. The summed E-state index contributed by atoms with van der Waals surface area (Å²) in [7, 11) is -4.10. The first-order valence-corrected chi connectivity index (χ1v) is 16.0. The molecule has 0 spiro atoms. The molecule has 0 heterocycles. The first-order valence-electron chi connectivity index (χ1n) is 14.1. The lowest BCUT2D eigenvalue weighted by Gasteiger charge is -2.42. The summed E-state index contributed by atoms with van der Waals surface area (Å²) in [6.07, 6.45) is 1.69. The molecule has 44 heavy (non-hydrogen) atoms. The van der Waals surface area contributed by atoms with Crippen molar-refractivity contribution in [1.82, 2.24) is 5.32 Å². The molecule has 5 N–H and O–H groups in total. The Labute approximate surface area is 257 Å². The number of nitrogens with two attached hydrogens (primary N) is 1. The molecule has 0 saturated heterocycles. The van der Waals surface area contributed by atoms with Gasteiger partial charge in [0, 0.05) is 29.9 Å². The van der Waals surface area contributed by atoms with Gasteiger partial charge < -0.3 is 21.5 Å². The minimum absolute atomic E-state index is 0.0581. The van der Waals surface area contributed by atoms with Crippen LogP contribution >= 0.6 is 11.6 Å². The van der Waals surface area contributed by atoms with Crippen LogP contribution in [0.25, 0.3) is 0 Å². The van der Waals surface area contributed by atoms with Gasteiger partial charge in [-0.2, -0.15) is 0 Å². The van der Waals surface area contributed by atoms with Crippen molar-refractivity contribution in [3.63, 3.8) is 0 Å². The molecule has 0 aliphatic heterocycles. The van der Waals surface area contributed by atoms with Crippen LogP contribution in [0.3, 0.4) is 0 Å². The summed E-state index contributed by atoms with van der Waals surface area (Å²) in [5.74, 6) is -6.82. The summed E-state index contributed by atoms with van der Waals surface area (Å²) >= 11 is 6.28. The van der Waals surface area contributed by atoms with Gasteiger partial charge >= 0.3 is 0 Å². The third-order valence-electron chi connectivity index (χ3n) is 8.73. The zero-order chi connectivity index (χ0) is 31.8. The summed E-state index contributed by atoms with van der Waals surface area (Å²) < 4.78 is 68.1. The van der Waals surface area contributed by atoms with Gasteiger partial charge in [-0.25, -0.2) is 21.6 Å². The Morgan fingerprint density at radius 2 is 1.61 bits per heavy atom. The quantitative estimate of drug-likeness (QED) is 0.254. The first-order chi connectivity index (χ1) is 20.8. The summed E-state index contributed by atoms with van der Waals surface area (Å²) in [5.41, 5.74) is 5.17. The maximum absolute atomic E-state index is 13.8. The van der Waals surface area contributed by atoms with Gasteiger partial charge in [-0.05, 0) is 67.7 Å². The minimum atomic E-state index is -4.10. The molecule has 234 valence electrons. The highest BCUT2D eigenvalue weighted by atomic mass is 35.5. The lowest BCUT2D eigenvalue weighted by Crippen LogP contribution is -2.56. The van der Waals surface area contributed by atoms with Crippen LogP contribution in [0, 0.1) is 29.3 Å². The zero-order valence-corrected chi connectivity index (χ0v) is 25.0. The second-order valence-corrected chi connectivity index (χ2v) is 14.1. The fourth-order valence-electron chi connectivity index (χ4n) is 6.35. The number of nitrogens with one attached hydrogen (secondary N) is 2. The average Bonchev–Trinajstić information content (AvgIpc) is 3.13. The van der Waals surface area contributed by atoms with E-state index in [0.29, 0.717) is 31.4 Å². The van der Waals surface area contributed by atoms with E-state index in [1.807, 2.05) is 30.3 Å². The number of fused-ring (bicyclic) bond motifs is 2. The summed E-state index contributed by atoms with van der Waals surface area (Å²) in [6.45, 7) is -0.0581. The SMILES string of the molecule is N[C@@H](Cc1ccccc1)C(=O)NCC1(O)C2CC[C@H]1CC(S(=O)(=O)c1cc(C(=O)Nc3cc(F)c(F)c(F)c3)ccc1Cl)C2. The van der Waals surface area contributed by atoms with Crippen LogP contribution in [-0.2, 0) is 21.1 Å². The summed E-state index contributed by atoms with van der Waals surface area (Å²) in [5, 5.41) is 15.6. The number of amides is 2. The molecule has 3 aromatic carbocycles. The molecule has 3 aromatic rings. The van der Waals surface area contributed by atoms with Gasteiger partial charge in [-0.3, -0.25) is 9.59 Å². The van der Waals surface area contributed by atoms with Crippen LogP contribution < -0.4 is 16.4 Å². The number of rotatable bonds is 9. The van der Waals surface area contributed by atoms with E-state index in [1.54, 1.807) is 0 Å². The van der Waals surface area contributed by atoms with Crippen molar-refractivity contribution in [2.75, 3.05) is 11.9 Å². The van der Waals surface area contributed by atoms with E-state index in [0.717, 1.165) is 11.6 Å². The number of hydrogen-bond acceptors (Lipinski definition) is 6. The number of aliphatic hydroxyl groups is 1. The van der Waals surface area contributed by atoms with Gasteiger partial charge in [0.1, 0.15) is 0 Å². The van der Waals surface area contributed by atoms with Crippen LogP contribution in [0.1, 0.15) is 41.6 Å². The van der Waals surface area contributed by atoms with Crippen LogP contribution in [0.2, 0.25) is 5.02 Å². The third-order valence-corrected chi connectivity index (χ3v) is 11.4. The standard InChI is InChI=1S/C31H31ClF3N3O5S/c32-23-9-6-18(29(39)38-21-14-24(33)28(35)25(34)15-21)11-27(23)44(42,43)22-12-19-7-8-20(13-22)31(19,41)16-37-30(40)26(36)10-17-4-2-1-3-5-17/h1-6,9,11,14-15,19-20,22,26,41H,7-8,10,12-13,16,36H2,(H,37,40)(H,38,39)/t19-,20?,22?,26-,31?/m0/s1. The van der Waals surface area contributed by atoms with Crippen molar-refractivity contribution < 1.29 is 36.3 Å². The van der Waals surface area contributed by atoms with Gasteiger partial charge in [-0.1, -0.05) is 41.9 Å². The Bertz CT molecular complexity index is 1650. The summed E-state index contributed by atoms with van der Waals surface area (Å²) in [6, 6.07) is 13.2. The van der Waals surface area contributed by atoms with Crippen molar-refractivity contribution in [2.45, 2.75) is 53.9 Å². The second-order valence-electron chi connectivity index (χ2n) is 11.5. The number of hydrogen-bond donors (Lipinski definition) is 4. The monoisotopic (exact) mass is 649 g/mol. The van der Waals surface area contributed by atoms with Gasteiger partial charge in [0.05, 0.1) is 26.8 Å². The van der Waals surface area contributed by atoms with Crippen molar-refractivity contribution in [2.24, 2.45) is 17.6 Å². The Morgan fingerprint density at radius 1 is 1.00 bits per heavy atom. The number of carbonyl (C=O) groups is 2. The van der Waals surface area contributed by atoms with Crippen LogP contribution in [0.15, 0.2) is 65.6 Å². The molecule has 2 aliphatic rings. The van der Waals surface area contributed by atoms with Gasteiger partial charge in [0.25, 0.3) is 5.91 Å². The van der Waals surface area contributed by atoms with Crippen LogP contribution in [0.4, 0.5) is 18.9 Å². The van der Waals surface area contributed by atoms with Crippen molar-refractivity contribution >= 4 is 38.9 Å². The highest BCUT2D eigenvalue weighted by molar-refractivity contribution is 7.92. The first kappa shape index (κ1) is 32.0. The van der Waals surface area contributed by atoms with Crippen LogP contribution in [-0.4, -0.2) is 48.8 Å². The number of benzene rings is 3. The smallest absolute Gasteiger partial charge is 0.255 e. The van der Waals surface area contributed by atoms with Crippen LogP contribution in [0.5, 0.6) is 0 Å². The normalized spacial score (nSPS) is 23.6. The highest BCUT2D eigenvalue weighted by Gasteiger charge is 2.55. The number of carbonyl (C=O) groups excluding carboxylic acids is 2. The Morgan fingerprint density at radius 3 is 2.23 bits per heavy atom. The predicted octanol–water partition coefficient (Wildman–Crippen LogP) is 4.39. The molecule has 2 saturated carbocycles. The lowest BCUT2D eigenvalue weighted by atomic mass is 9.74. The molecule has 2 aliphatic carbocycles. The van der Waals surface area contributed by atoms with Gasteiger partial charge in [0.2, 0.25) is 5.91 Å².